The standard InChI is InChI=1S/C16H19BrN4O4/c1-8-3-9(5-10(17)4-8)14-20-12(13(22)16(24)21(14)2)15(23)19-11-6-18-25-7-11/h3,5-6,10-11,14,20,22H,4,7H2,1-2H3,(H,19,23). The number of nitrogens with one attached hydrogen (secondary N) is 2. The molecule has 0 aromatic heterocycles. The summed E-state index contributed by atoms with van der Waals surface area (Å²) < 4.78 is 0. The lowest BCUT2D eigenvalue weighted by Crippen LogP contribution is -2.55. The number of carbonyl (C=O) groups is 2. The van der Waals surface area contributed by atoms with Crippen LogP contribution in [0.15, 0.2) is 39.9 Å². The molecule has 0 radical (unpaired) electrons. The molecule has 0 aromatic rings. The molecule has 0 aromatic carbocycles. The molecule has 3 N–H and O–H groups in total. The minimum Gasteiger partial charge on any atom is -0.501 e. The number of likely N-dealkylation sites (N-methyl/N-ethyl adjacent to an activating group) is 1. The molecule has 0 bridgehead atoms. The average Bonchev–Trinajstić information content (AvgIpc) is 3.04. The van der Waals surface area contributed by atoms with Crippen LogP contribution in [-0.4, -0.2) is 58.7 Å². The first kappa shape index (κ1) is 17.5. The number of amides is 2. The Morgan fingerprint density at radius 2 is 2.32 bits per heavy atom. The Balaban J connectivity index is 1.85. The topological polar surface area (TPSA) is 103 Å². The molecule has 8 nitrogen and oxygen atoms in total. The SMILES string of the molecule is CC1=CC(C2NC(C(=O)NC3C=NOC3)=C(O)C(=O)N2C)=CC(Br)C1. The number of hydrogen-bond donors (Lipinski definition) is 3. The van der Waals surface area contributed by atoms with Crippen molar-refractivity contribution in [2.45, 2.75) is 30.4 Å². The maximum absolute atomic E-state index is 12.5. The van der Waals surface area contributed by atoms with Gasteiger partial charge < -0.3 is 25.5 Å². The van der Waals surface area contributed by atoms with Crippen molar-refractivity contribution in [3.63, 3.8) is 0 Å². The highest BCUT2D eigenvalue weighted by molar-refractivity contribution is 9.09. The van der Waals surface area contributed by atoms with Crippen molar-refractivity contribution >= 4 is 34.0 Å². The second-order valence-corrected chi connectivity index (χ2v) is 7.37. The molecule has 3 rings (SSSR count). The first-order chi connectivity index (χ1) is 11.9. The van der Waals surface area contributed by atoms with E-state index in [0.29, 0.717) is 0 Å². The maximum Gasteiger partial charge on any atom is 0.292 e. The number of alkyl halides is 1. The van der Waals surface area contributed by atoms with Crippen LogP contribution in [0.4, 0.5) is 0 Å². The van der Waals surface area contributed by atoms with Crippen LogP contribution >= 0.6 is 15.9 Å². The fraction of sp³-hybridized carbons (Fsp3) is 0.438. The van der Waals surface area contributed by atoms with E-state index in [1.807, 2.05) is 19.1 Å². The van der Waals surface area contributed by atoms with Gasteiger partial charge >= 0.3 is 0 Å². The monoisotopic (exact) mass is 410 g/mol. The van der Waals surface area contributed by atoms with Crippen LogP contribution in [0.2, 0.25) is 0 Å². The van der Waals surface area contributed by atoms with E-state index < -0.39 is 29.8 Å². The molecule has 0 saturated heterocycles. The zero-order valence-electron chi connectivity index (χ0n) is 13.8. The maximum atomic E-state index is 12.5. The van der Waals surface area contributed by atoms with Crippen LogP contribution in [0, 0.1) is 0 Å². The lowest BCUT2D eigenvalue weighted by Gasteiger charge is -2.36. The van der Waals surface area contributed by atoms with Gasteiger partial charge in [0.2, 0.25) is 5.76 Å². The van der Waals surface area contributed by atoms with Gasteiger partial charge in [0, 0.05) is 11.9 Å². The molecule has 9 heteroatoms. The molecule has 2 amide bonds. The second-order valence-electron chi connectivity index (χ2n) is 6.19. The van der Waals surface area contributed by atoms with Crippen LogP contribution in [0.25, 0.3) is 0 Å². The van der Waals surface area contributed by atoms with Gasteiger partial charge in [0.25, 0.3) is 11.8 Å². The molecule has 25 heavy (non-hydrogen) atoms. The number of aliphatic hydroxyl groups is 1. The van der Waals surface area contributed by atoms with Crippen molar-refractivity contribution in [2.24, 2.45) is 5.16 Å². The molecule has 2 heterocycles. The summed E-state index contributed by atoms with van der Waals surface area (Å²) in [5, 5.41) is 19.3. The third-order valence-corrected chi connectivity index (χ3v) is 4.75. The number of aliphatic hydroxyl groups excluding tert-OH is 1. The summed E-state index contributed by atoms with van der Waals surface area (Å²) >= 11 is 3.57. The molecule has 3 unspecified atom stereocenters. The summed E-state index contributed by atoms with van der Waals surface area (Å²) in [6, 6.07) is -0.397. The van der Waals surface area contributed by atoms with Gasteiger partial charge in [-0.15, -0.1) is 0 Å². The molecule has 0 spiro atoms. The Labute approximate surface area is 153 Å². The highest BCUT2D eigenvalue weighted by Gasteiger charge is 2.37. The molecule has 3 atom stereocenters. The molecule has 2 aliphatic heterocycles. The molecular weight excluding hydrogens is 392 g/mol. The molecular formula is C16H19BrN4O4. The summed E-state index contributed by atoms with van der Waals surface area (Å²) in [6.07, 6.45) is 5.75. The number of hydrogen-bond acceptors (Lipinski definition) is 6. The normalized spacial score (nSPS) is 29.0. The largest absolute Gasteiger partial charge is 0.501 e. The predicted molar refractivity (Wildman–Crippen MR) is 94.9 cm³/mol. The highest BCUT2D eigenvalue weighted by atomic mass is 79.9. The summed E-state index contributed by atoms with van der Waals surface area (Å²) in [4.78, 5) is 31.2. The predicted octanol–water partition coefficient (Wildman–Crippen LogP) is 0.684. The Kier molecular flexibility index (Phi) is 4.85. The summed E-state index contributed by atoms with van der Waals surface area (Å²) in [6.45, 7) is 2.22. The fourth-order valence-electron chi connectivity index (χ4n) is 2.91. The Morgan fingerprint density at radius 1 is 1.56 bits per heavy atom. The van der Waals surface area contributed by atoms with Gasteiger partial charge in [-0.05, 0) is 18.9 Å². The van der Waals surface area contributed by atoms with Crippen molar-refractivity contribution in [3.05, 3.63) is 34.8 Å². The Hall–Kier alpha value is -2.29. The molecule has 1 aliphatic carbocycles. The van der Waals surface area contributed by atoms with E-state index in [2.05, 4.69) is 31.7 Å². The Morgan fingerprint density at radius 3 is 2.96 bits per heavy atom. The van der Waals surface area contributed by atoms with Crippen molar-refractivity contribution in [1.82, 2.24) is 15.5 Å². The summed E-state index contributed by atoms with van der Waals surface area (Å²) in [5.41, 5.74) is 1.85. The average molecular weight is 411 g/mol. The van der Waals surface area contributed by atoms with Gasteiger partial charge in [-0.2, -0.15) is 0 Å². The van der Waals surface area contributed by atoms with Crippen LogP contribution in [0.5, 0.6) is 0 Å². The van der Waals surface area contributed by atoms with Gasteiger partial charge in [-0.25, -0.2) is 0 Å². The van der Waals surface area contributed by atoms with E-state index in [4.69, 9.17) is 4.84 Å². The van der Waals surface area contributed by atoms with E-state index in [1.165, 1.54) is 11.1 Å². The third kappa shape index (κ3) is 3.55. The Bertz CT molecular complexity index is 728. The zero-order valence-corrected chi connectivity index (χ0v) is 15.4. The number of halogens is 1. The van der Waals surface area contributed by atoms with E-state index in [9.17, 15) is 14.7 Å². The quantitative estimate of drug-likeness (QED) is 0.593. The minimum atomic E-state index is -0.617. The lowest BCUT2D eigenvalue weighted by molar-refractivity contribution is -0.133. The zero-order chi connectivity index (χ0) is 18.1. The van der Waals surface area contributed by atoms with E-state index in [-0.39, 0.29) is 17.1 Å². The highest BCUT2D eigenvalue weighted by Crippen LogP contribution is 2.27. The number of rotatable bonds is 3. The lowest BCUT2D eigenvalue weighted by atomic mass is 9.97. The van der Waals surface area contributed by atoms with E-state index in [1.54, 1.807) is 7.05 Å². The van der Waals surface area contributed by atoms with Crippen molar-refractivity contribution < 1.29 is 19.5 Å². The molecule has 0 saturated carbocycles. The minimum absolute atomic E-state index is 0.154. The van der Waals surface area contributed by atoms with Crippen LogP contribution in [-0.2, 0) is 14.4 Å². The fourth-order valence-corrected chi connectivity index (χ4v) is 3.73. The van der Waals surface area contributed by atoms with Crippen molar-refractivity contribution in [1.29, 1.82) is 0 Å². The summed E-state index contributed by atoms with van der Waals surface area (Å²) in [5.74, 6) is -1.81. The van der Waals surface area contributed by atoms with Gasteiger partial charge in [-0.1, -0.05) is 38.8 Å². The van der Waals surface area contributed by atoms with Gasteiger partial charge in [-0.3, -0.25) is 9.59 Å². The number of allylic oxidation sites excluding steroid dienone is 2. The van der Waals surface area contributed by atoms with Gasteiger partial charge in [0.1, 0.15) is 24.5 Å². The van der Waals surface area contributed by atoms with Crippen LogP contribution < -0.4 is 10.6 Å². The number of nitrogens with zero attached hydrogens (tertiary/aromatic N) is 2. The van der Waals surface area contributed by atoms with Gasteiger partial charge in [0.05, 0.1) is 6.21 Å². The molecule has 134 valence electrons. The van der Waals surface area contributed by atoms with E-state index >= 15 is 0 Å². The number of oxime groups is 1. The first-order valence-corrected chi connectivity index (χ1v) is 8.74. The first-order valence-electron chi connectivity index (χ1n) is 7.83. The second kappa shape index (κ2) is 6.91. The van der Waals surface area contributed by atoms with Crippen molar-refractivity contribution in [2.75, 3.05) is 13.7 Å². The smallest absolute Gasteiger partial charge is 0.292 e. The number of carbonyl (C=O) groups excluding carboxylic acids is 2. The van der Waals surface area contributed by atoms with Crippen LogP contribution in [0.1, 0.15) is 13.3 Å². The molecule has 3 aliphatic rings. The van der Waals surface area contributed by atoms with Crippen molar-refractivity contribution in [3.8, 4) is 0 Å². The molecule has 0 fully saturated rings. The van der Waals surface area contributed by atoms with Gasteiger partial charge in [0.15, 0.2) is 0 Å². The van der Waals surface area contributed by atoms with E-state index in [0.717, 1.165) is 17.6 Å². The van der Waals surface area contributed by atoms with Crippen LogP contribution in [0.3, 0.4) is 0 Å². The summed E-state index contributed by atoms with van der Waals surface area (Å²) in [7, 11) is 1.57. The third-order valence-electron chi connectivity index (χ3n) is 4.16.